The molecule has 0 fully saturated rings. The summed E-state index contributed by atoms with van der Waals surface area (Å²) >= 11 is 17.8. The predicted octanol–water partition coefficient (Wildman–Crippen LogP) is 5.84. The van der Waals surface area contributed by atoms with E-state index in [-0.39, 0.29) is 27.9 Å². The van der Waals surface area contributed by atoms with Crippen molar-refractivity contribution >= 4 is 58.0 Å². The predicted molar refractivity (Wildman–Crippen MR) is 128 cm³/mol. The van der Waals surface area contributed by atoms with E-state index in [4.69, 9.17) is 39.5 Å². The number of rotatable bonds is 6. The van der Waals surface area contributed by atoms with Crippen LogP contribution in [0, 0.1) is 5.82 Å². The number of nitrogens with zero attached hydrogens (tertiary/aromatic N) is 1. The molecule has 0 aliphatic rings. The van der Waals surface area contributed by atoms with E-state index in [0.717, 1.165) is 0 Å². The second kappa shape index (κ2) is 11.1. The largest absolute Gasteiger partial charge is 0.489 e. The third kappa shape index (κ3) is 6.68. The van der Waals surface area contributed by atoms with Gasteiger partial charge in [0.05, 0.1) is 21.4 Å². The lowest BCUT2D eigenvalue weighted by atomic mass is 10.1. The van der Waals surface area contributed by atoms with E-state index in [9.17, 15) is 14.0 Å². The number of carbonyl (C=O) groups is 2. The van der Waals surface area contributed by atoms with E-state index in [1.807, 2.05) is 0 Å². The van der Waals surface area contributed by atoms with Crippen molar-refractivity contribution in [2.24, 2.45) is 5.10 Å². The fourth-order valence-corrected chi connectivity index (χ4v) is 3.19. The highest BCUT2D eigenvalue weighted by Gasteiger charge is 2.15. The fourth-order valence-electron chi connectivity index (χ4n) is 2.64. The van der Waals surface area contributed by atoms with Gasteiger partial charge in [0, 0.05) is 10.6 Å². The number of ether oxygens (including phenoxy) is 1. The first-order valence-electron chi connectivity index (χ1n) is 9.51. The average molecular weight is 509 g/mol. The Labute approximate surface area is 204 Å². The Balaban J connectivity index is 1.57. The third-order valence-electron chi connectivity index (χ3n) is 4.42. The first-order chi connectivity index (χ1) is 15.7. The van der Waals surface area contributed by atoms with E-state index >= 15 is 0 Å². The topological polar surface area (TPSA) is 79.8 Å². The van der Waals surface area contributed by atoms with E-state index in [0.29, 0.717) is 22.0 Å². The highest BCUT2D eigenvalue weighted by Crippen LogP contribution is 2.25. The normalized spacial score (nSPS) is 11.1. The Kier molecular flexibility index (Phi) is 8.27. The second-order valence-corrected chi connectivity index (χ2v) is 7.98. The minimum Gasteiger partial charge on any atom is -0.489 e. The first kappa shape index (κ1) is 24.5. The summed E-state index contributed by atoms with van der Waals surface area (Å²) in [5.74, 6) is -1.88. The maximum atomic E-state index is 13.8. The van der Waals surface area contributed by atoms with Crippen LogP contribution in [0.2, 0.25) is 15.1 Å². The average Bonchev–Trinajstić information content (AvgIpc) is 2.79. The summed E-state index contributed by atoms with van der Waals surface area (Å²) in [6, 6.07) is 15.6. The van der Waals surface area contributed by atoms with Gasteiger partial charge in [0.15, 0.2) is 0 Å². The molecule has 0 saturated heterocycles. The summed E-state index contributed by atoms with van der Waals surface area (Å²) in [6.07, 6.45) is 0. The molecule has 33 heavy (non-hydrogen) atoms. The Morgan fingerprint density at radius 1 is 0.970 bits per heavy atom. The molecular formula is C23H17Cl3FN3O3. The number of hydrogen-bond donors (Lipinski definition) is 2. The molecule has 0 aliphatic heterocycles. The monoisotopic (exact) mass is 507 g/mol. The fraction of sp³-hybridized carbons (Fsp3) is 0.0870. The molecule has 6 nitrogen and oxygen atoms in total. The lowest BCUT2D eigenvalue weighted by molar-refractivity contribution is -0.136. The molecule has 2 amide bonds. The highest BCUT2D eigenvalue weighted by atomic mass is 35.5. The molecule has 3 aromatic rings. The van der Waals surface area contributed by atoms with E-state index in [1.165, 1.54) is 24.3 Å². The molecule has 0 unspecified atom stereocenters. The van der Waals surface area contributed by atoms with Crippen LogP contribution >= 0.6 is 34.8 Å². The van der Waals surface area contributed by atoms with Gasteiger partial charge in [0.25, 0.3) is 0 Å². The Morgan fingerprint density at radius 3 is 2.39 bits per heavy atom. The zero-order chi connectivity index (χ0) is 24.0. The van der Waals surface area contributed by atoms with Gasteiger partial charge in [-0.25, -0.2) is 9.82 Å². The molecule has 3 aromatic carbocycles. The van der Waals surface area contributed by atoms with Gasteiger partial charge in [0.1, 0.15) is 18.2 Å². The Morgan fingerprint density at radius 2 is 1.70 bits per heavy atom. The van der Waals surface area contributed by atoms with Gasteiger partial charge in [-0.3, -0.25) is 9.59 Å². The highest BCUT2D eigenvalue weighted by molar-refractivity contribution is 6.42. The summed E-state index contributed by atoms with van der Waals surface area (Å²) in [7, 11) is 0. The molecule has 0 heterocycles. The lowest BCUT2D eigenvalue weighted by Gasteiger charge is -2.10. The van der Waals surface area contributed by atoms with Crippen molar-refractivity contribution in [2.45, 2.75) is 13.5 Å². The van der Waals surface area contributed by atoms with Crippen molar-refractivity contribution in [3.63, 3.8) is 0 Å². The summed E-state index contributed by atoms with van der Waals surface area (Å²) < 4.78 is 19.4. The summed E-state index contributed by atoms with van der Waals surface area (Å²) in [5, 5.41) is 7.18. The Hall–Kier alpha value is -3.13. The van der Waals surface area contributed by atoms with Crippen molar-refractivity contribution in [3.05, 3.63) is 92.7 Å². The van der Waals surface area contributed by atoms with Gasteiger partial charge in [-0.1, -0.05) is 40.9 Å². The molecule has 0 aromatic heterocycles. The molecule has 0 saturated carbocycles. The maximum Gasteiger partial charge on any atom is 0.329 e. The van der Waals surface area contributed by atoms with Crippen LogP contribution in [0.25, 0.3) is 0 Å². The minimum atomic E-state index is -0.980. The summed E-state index contributed by atoms with van der Waals surface area (Å²) in [6.45, 7) is 1.63. The van der Waals surface area contributed by atoms with Crippen molar-refractivity contribution in [1.29, 1.82) is 0 Å². The molecular weight excluding hydrogens is 492 g/mol. The summed E-state index contributed by atoms with van der Waals surface area (Å²) in [4.78, 5) is 24.1. The van der Waals surface area contributed by atoms with Crippen molar-refractivity contribution < 1.29 is 18.7 Å². The Bertz CT molecular complexity index is 1200. The molecule has 0 bridgehead atoms. The number of halogens is 4. The standard InChI is InChI=1S/C23H17Cl3FN3O3/c1-13(29-30-23(32)22(31)28-21-11-15(24)7-10-19(21)26)14-5-8-16(9-6-14)33-12-17-18(25)3-2-4-20(17)27/h2-11H,12H2,1H3,(H,28,31)(H,30,32)/b29-13+. The van der Waals surface area contributed by atoms with Crippen LogP contribution in [-0.4, -0.2) is 17.5 Å². The molecule has 0 radical (unpaired) electrons. The minimum absolute atomic E-state index is 0.0280. The molecule has 0 spiro atoms. The van der Waals surface area contributed by atoms with Gasteiger partial charge in [-0.05, 0) is 67.1 Å². The first-order valence-corrected chi connectivity index (χ1v) is 10.6. The smallest absolute Gasteiger partial charge is 0.329 e. The molecule has 170 valence electrons. The van der Waals surface area contributed by atoms with Gasteiger partial charge in [-0.2, -0.15) is 5.10 Å². The van der Waals surface area contributed by atoms with Crippen molar-refractivity contribution in [3.8, 4) is 5.75 Å². The number of carbonyl (C=O) groups excluding carboxylic acids is 2. The van der Waals surface area contributed by atoms with Crippen LogP contribution in [-0.2, 0) is 16.2 Å². The zero-order valence-corrected chi connectivity index (χ0v) is 19.4. The molecule has 0 atom stereocenters. The van der Waals surface area contributed by atoms with E-state index in [2.05, 4.69) is 15.8 Å². The van der Waals surface area contributed by atoms with Gasteiger partial charge in [-0.15, -0.1) is 0 Å². The van der Waals surface area contributed by atoms with Crippen molar-refractivity contribution in [2.75, 3.05) is 5.32 Å². The van der Waals surface area contributed by atoms with Crippen LogP contribution < -0.4 is 15.5 Å². The lowest BCUT2D eigenvalue weighted by Crippen LogP contribution is -2.33. The van der Waals surface area contributed by atoms with Gasteiger partial charge >= 0.3 is 11.8 Å². The molecule has 10 heteroatoms. The van der Waals surface area contributed by atoms with Crippen molar-refractivity contribution in [1.82, 2.24) is 5.43 Å². The number of hydrogen-bond acceptors (Lipinski definition) is 4. The summed E-state index contributed by atoms with van der Waals surface area (Å²) in [5.41, 5.74) is 3.77. The van der Waals surface area contributed by atoms with Crippen LogP contribution in [0.1, 0.15) is 18.1 Å². The molecule has 0 aliphatic carbocycles. The van der Waals surface area contributed by atoms with Crippen LogP contribution in [0.4, 0.5) is 10.1 Å². The van der Waals surface area contributed by atoms with Crippen LogP contribution in [0.15, 0.2) is 65.8 Å². The third-order valence-corrected chi connectivity index (χ3v) is 5.34. The van der Waals surface area contributed by atoms with Crippen LogP contribution in [0.3, 0.4) is 0 Å². The SMILES string of the molecule is C/C(=N\NC(=O)C(=O)Nc1cc(Cl)ccc1Cl)c1ccc(OCc2c(F)cccc2Cl)cc1. The zero-order valence-electron chi connectivity index (χ0n) is 17.2. The van der Waals surface area contributed by atoms with E-state index < -0.39 is 17.6 Å². The van der Waals surface area contributed by atoms with Gasteiger partial charge < -0.3 is 10.1 Å². The number of benzene rings is 3. The number of anilines is 1. The number of hydrazone groups is 1. The number of amides is 2. The quantitative estimate of drug-likeness (QED) is 0.249. The maximum absolute atomic E-state index is 13.8. The molecule has 3 rings (SSSR count). The van der Waals surface area contributed by atoms with Crippen LogP contribution in [0.5, 0.6) is 5.75 Å². The van der Waals surface area contributed by atoms with E-state index in [1.54, 1.807) is 43.3 Å². The van der Waals surface area contributed by atoms with Gasteiger partial charge in [0.2, 0.25) is 0 Å². The second-order valence-electron chi connectivity index (χ2n) is 6.73. The number of nitrogens with one attached hydrogen (secondary N) is 2. The molecule has 2 N–H and O–H groups in total.